The molecule has 0 radical (unpaired) electrons. The number of carbonyl (C=O) groups excluding carboxylic acids is 1. The van der Waals surface area contributed by atoms with E-state index >= 15 is 0 Å². The smallest absolute Gasteiger partial charge is 0.276 e. The lowest BCUT2D eigenvalue weighted by Gasteiger charge is -2.07. The van der Waals surface area contributed by atoms with E-state index in [4.69, 9.17) is 0 Å². The molecule has 0 saturated heterocycles. The molecule has 0 aliphatic rings. The number of anilines is 1. The normalized spacial score (nSPS) is 10.7. The second-order valence-electron chi connectivity index (χ2n) is 5.77. The molecule has 1 amide bonds. The fraction of sp³-hybridized carbons (Fsp3) is 0.0526. The van der Waals surface area contributed by atoms with Gasteiger partial charge in [0.2, 0.25) is 0 Å². The molecule has 4 aromatic rings. The summed E-state index contributed by atoms with van der Waals surface area (Å²) in [5, 5.41) is 9.42. The molecule has 4 rings (SSSR count). The van der Waals surface area contributed by atoms with Crippen LogP contribution in [0, 0.1) is 12.7 Å². The van der Waals surface area contributed by atoms with E-state index in [1.54, 1.807) is 31.3 Å². The zero-order valence-corrected chi connectivity index (χ0v) is 15.1. The Labute approximate surface area is 158 Å². The number of nitrogens with zero attached hydrogens (tertiary/aromatic N) is 4. The SMILES string of the molecule is Cc1cc(C(=O)Nc2nc(-c3ccccn3)cs2)n(-c2ccc(F)cc2)n1. The van der Waals surface area contributed by atoms with Crippen LogP contribution in [-0.4, -0.2) is 25.7 Å². The van der Waals surface area contributed by atoms with Crippen molar-refractivity contribution in [2.75, 3.05) is 5.32 Å². The minimum Gasteiger partial charge on any atom is -0.296 e. The molecule has 0 saturated carbocycles. The first kappa shape index (κ1) is 17.0. The van der Waals surface area contributed by atoms with Crippen molar-refractivity contribution in [3.63, 3.8) is 0 Å². The lowest BCUT2D eigenvalue weighted by molar-refractivity contribution is 0.101. The Kier molecular flexibility index (Phi) is 4.47. The van der Waals surface area contributed by atoms with Gasteiger partial charge in [-0.2, -0.15) is 5.10 Å². The molecule has 0 aliphatic heterocycles. The van der Waals surface area contributed by atoms with Gasteiger partial charge in [-0.3, -0.25) is 15.1 Å². The van der Waals surface area contributed by atoms with Gasteiger partial charge in [-0.1, -0.05) is 6.07 Å². The number of halogens is 1. The summed E-state index contributed by atoms with van der Waals surface area (Å²) in [4.78, 5) is 21.4. The van der Waals surface area contributed by atoms with Crippen LogP contribution in [-0.2, 0) is 0 Å². The third-order valence-corrected chi connectivity index (χ3v) is 4.55. The Bertz CT molecular complexity index is 1090. The van der Waals surface area contributed by atoms with Crippen molar-refractivity contribution in [1.29, 1.82) is 0 Å². The van der Waals surface area contributed by atoms with Gasteiger partial charge in [0.25, 0.3) is 5.91 Å². The predicted octanol–water partition coefficient (Wildman–Crippen LogP) is 4.09. The van der Waals surface area contributed by atoms with Crippen LogP contribution in [0.2, 0.25) is 0 Å². The first-order valence-corrected chi connectivity index (χ1v) is 8.99. The van der Waals surface area contributed by atoms with Gasteiger partial charge < -0.3 is 0 Å². The molecule has 8 heteroatoms. The number of hydrogen-bond acceptors (Lipinski definition) is 5. The number of amides is 1. The van der Waals surface area contributed by atoms with Gasteiger partial charge in [-0.15, -0.1) is 11.3 Å². The van der Waals surface area contributed by atoms with Crippen molar-refractivity contribution >= 4 is 22.4 Å². The number of aryl methyl sites for hydroxylation is 1. The minimum atomic E-state index is -0.349. The number of aromatic nitrogens is 4. The number of pyridine rings is 1. The second-order valence-corrected chi connectivity index (χ2v) is 6.62. The summed E-state index contributed by atoms with van der Waals surface area (Å²) in [5.41, 5.74) is 3.05. The maximum absolute atomic E-state index is 13.2. The number of rotatable bonds is 4. The summed E-state index contributed by atoms with van der Waals surface area (Å²) in [7, 11) is 0. The van der Waals surface area contributed by atoms with Gasteiger partial charge in [0.1, 0.15) is 17.2 Å². The zero-order chi connectivity index (χ0) is 18.8. The molecule has 6 nitrogen and oxygen atoms in total. The fourth-order valence-corrected chi connectivity index (χ4v) is 3.26. The molecule has 27 heavy (non-hydrogen) atoms. The number of nitrogens with one attached hydrogen (secondary N) is 1. The third-order valence-electron chi connectivity index (χ3n) is 3.79. The molecule has 0 bridgehead atoms. The van der Waals surface area contributed by atoms with Crippen molar-refractivity contribution in [3.8, 4) is 17.1 Å². The summed E-state index contributed by atoms with van der Waals surface area (Å²) < 4.78 is 14.7. The molecule has 0 aliphatic carbocycles. The van der Waals surface area contributed by atoms with Crippen LogP contribution >= 0.6 is 11.3 Å². The summed E-state index contributed by atoms with van der Waals surface area (Å²) in [6.07, 6.45) is 1.69. The minimum absolute atomic E-state index is 0.341. The predicted molar refractivity (Wildman–Crippen MR) is 102 cm³/mol. The maximum Gasteiger partial charge on any atom is 0.276 e. The van der Waals surface area contributed by atoms with Crippen LogP contribution in [0.25, 0.3) is 17.1 Å². The van der Waals surface area contributed by atoms with Crippen molar-refractivity contribution in [2.24, 2.45) is 0 Å². The van der Waals surface area contributed by atoms with E-state index < -0.39 is 0 Å². The van der Waals surface area contributed by atoms with Crippen LogP contribution < -0.4 is 5.32 Å². The van der Waals surface area contributed by atoms with Crippen molar-refractivity contribution < 1.29 is 9.18 Å². The molecule has 134 valence electrons. The Hall–Kier alpha value is -3.39. The van der Waals surface area contributed by atoms with Crippen LogP contribution in [0.15, 0.2) is 60.1 Å². The third kappa shape index (κ3) is 3.61. The van der Waals surface area contributed by atoms with Gasteiger partial charge in [0, 0.05) is 11.6 Å². The lowest BCUT2D eigenvalue weighted by Crippen LogP contribution is -2.16. The maximum atomic E-state index is 13.2. The zero-order valence-electron chi connectivity index (χ0n) is 14.3. The molecule has 3 aromatic heterocycles. The van der Waals surface area contributed by atoms with Gasteiger partial charge in [0.05, 0.1) is 17.1 Å². The van der Waals surface area contributed by atoms with E-state index in [-0.39, 0.29) is 11.7 Å². The van der Waals surface area contributed by atoms with Crippen LogP contribution in [0.5, 0.6) is 0 Å². The standard InChI is InChI=1S/C19H14FN5OS/c1-12-10-17(25(24-12)14-7-5-13(20)6-8-14)18(26)23-19-22-16(11-27-19)15-4-2-3-9-21-15/h2-11H,1H3,(H,22,23,26). The molecule has 0 fully saturated rings. The van der Waals surface area contributed by atoms with Crippen molar-refractivity contribution in [2.45, 2.75) is 6.92 Å². The highest BCUT2D eigenvalue weighted by Gasteiger charge is 2.17. The number of thiazole rings is 1. The Morgan fingerprint density at radius 2 is 1.96 bits per heavy atom. The Morgan fingerprint density at radius 1 is 1.15 bits per heavy atom. The largest absolute Gasteiger partial charge is 0.296 e. The van der Waals surface area contributed by atoms with Crippen LogP contribution in [0.3, 0.4) is 0 Å². The molecule has 3 heterocycles. The molecular formula is C19H14FN5OS. The van der Waals surface area contributed by atoms with Crippen LogP contribution in [0.1, 0.15) is 16.2 Å². The molecule has 0 spiro atoms. The fourth-order valence-electron chi connectivity index (χ4n) is 2.56. The first-order valence-electron chi connectivity index (χ1n) is 8.11. The topological polar surface area (TPSA) is 72.7 Å². The van der Waals surface area contributed by atoms with Gasteiger partial charge in [-0.25, -0.2) is 14.1 Å². The molecule has 1 N–H and O–H groups in total. The van der Waals surface area contributed by atoms with Crippen molar-refractivity contribution in [3.05, 3.63) is 77.3 Å². The quantitative estimate of drug-likeness (QED) is 0.580. The van der Waals surface area contributed by atoms with Crippen LogP contribution in [0.4, 0.5) is 9.52 Å². The van der Waals surface area contributed by atoms with Crippen molar-refractivity contribution in [1.82, 2.24) is 19.7 Å². The van der Waals surface area contributed by atoms with E-state index in [0.29, 0.717) is 27.9 Å². The monoisotopic (exact) mass is 379 g/mol. The Morgan fingerprint density at radius 3 is 2.70 bits per heavy atom. The molecule has 0 atom stereocenters. The second kappa shape index (κ2) is 7.08. The highest BCUT2D eigenvalue weighted by Crippen LogP contribution is 2.24. The Balaban J connectivity index is 1.59. The molecule has 1 aromatic carbocycles. The highest BCUT2D eigenvalue weighted by atomic mass is 32.1. The van der Waals surface area contributed by atoms with E-state index in [9.17, 15) is 9.18 Å². The average Bonchev–Trinajstić information content (AvgIpc) is 3.30. The first-order chi connectivity index (χ1) is 13.1. The van der Waals surface area contributed by atoms with E-state index in [2.05, 4.69) is 20.4 Å². The summed E-state index contributed by atoms with van der Waals surface area (Å²) in [5.74, 6) is -0.694. The number of carbonyl (C=O) groups is 1. The van der Waals surface area contributed by atoms with Gasteiger partial charge >= 0.3 is 0 Å². The summed E-state index contributed by atoms with van der Waals surface area (Å²) in [6.45, 7) is 1.79. The van der Waals surface area contributed by atoms with Gasteiger partial charge in [-0.05, 0) is 49.4 Å². The summed E-state index contributed by atoms with van der Waals surface area (Å²) in [6, 6.07) is 13.0. The summed E-state index contributed by atoms with van der Waals surface area (Å²) >= 11 is 1.32. The number of hydrogen-bond donors (Lipinski definition) is 1. The number of benzene rings is 1. The lowest BCUT2D eigenvalue weighted by atomic mass is 10.3. The van der Waals surface area contributed by atoms with Gasteiger partial charge in [0.15, 0.2) is 5.13 Å². The van der Waals surface area contributed by atoms with E-state index in [1.807, 2.05) is 23.6 Å². The highest BCUT2D eigenvalue weighted by molar-refractivity contribution is 7.14. The average molecular weight is 379 g/mol. The van der Waals surface area contributed by atoms with E-state index in [0.717, 1.165) is 5.69 Å². The molecule has 0 unspecified atom stereocenters. The molecular weight excluding hydrogens is 365 g/mol. The van der Waals surface area contributed by atoms with E-state index in [1.165, 1.54) is 28.2 Å².